The molecule has 0 spiro atoms. The summed E-state index contributed by atoms with van der Waals surface area (Å²) < 4.78 is 29.0. The van der Waals surface area contributed by atoms with Crippen LogP contribution in [0.4, 0.5) is 16.2 Å². The van der Waals surface area contributed by atoms with Crippen LogP contribution in [0.3, 0.4) is 0 Å². The number of urea groups is 1. The van der Waals surface area contributed by atoms with Crippen LogP contribution in [0.15, 0.2) is 53.2 Å². The minimum Gasteiger partial charge on any atom is -0.480 e. The Hall–Kier alpha value is -4.26. The molecule has 0 radical (unpaired) electrons. The monoisotopic (exact) mass is 569 g/mol. The van der Waals surface area contributed by atoms with Gasteiger partial charge in [-0.1, -0.05) is 30.3 Å². The molecule has 0 saturated carbocycles. The number of pyridine rings is 1. The van der Waals surface area contributed by atoms with Gasteiger partial charge in [0.25, 0.3) is 0 Å². The van der Waals surface area contributed by atoms with Gasteiger partial charge in [-0.05, 0) is 43.0 Å². The number of aromatic nitrogens is 2. The van der Waals surface area contributed by atoms with Gasteiger partial charge in [-0.2, -0.15) is 0 Å². The van der Waals surface area contributed by atoms with Gasteiger partial charge in [0.1, 0.15) is 11.5 Å². The molecule has 13 heteroatoms. The second-order valence-electron chi connectivity index (χ2n) is 9.99. The zero-order valence-electron chi connectivity index (χ0n) is 22.3. The van der Waals surface area contributed by atoms with Crippen molar-refractivity contribution in [2.24, 2.45) is 5.92 Å². The van der Waals surface area contributed by atoms with Crippen LogP contribution in [-0.2, 0) is 32.3 Å². The first-order valence-corrected chi connectivity index (χ1v) is 14.6. The van der Waals surface area contributed by atoms with E-state index < -0.39 is 33.1 Å². The molecular formula is C27H31N5O7S. The quantitative estimate of drug-likeness (QED) is 0.350. The fourth-order valence-electron chi connectivity index (χ4n) is 4.70. The molecule has 4 rings (SSSR count). The number of hydrogen-bond donors (Lipinski definition) is 3. The molecule has 12 nitrogen and oxygen atoms in total. The summed E-state index contributed by atoms with van der Waals surface area (Å²) in [7, 11) is -3.85. The van der Waals surface area contributed by atoms with Crippen LogP contribution in [0.25, 0.3) is 0 Å². The highest BCUT2D eigenvalue weighted by Crippen LogP contribution is 2.37. The van der Waals surface area contributed by atoms with Crippen molar-refractivity contribution in [3.63, 3.8) is 0 Å². The van der Waals surface area contributed by atoms with E-state index in [1.165, 1.54) is 12.3 Å². The number of nitrogens with zero attached hydrogens (tertiary/aromatic N) is 3. The molecule has 1 aliphatic heterocycles. The van der Waals surface area contributed by atoms with Crippen molar-refractivity contribution in [1.82, 2.24) is 15.0 Å². The number of carboxylic acid groups (broad SMARTS) is 1. The Morgan fingerprint density at radius 3 is 2.58 bits per heavy atom. The van der Waals surface area contributed by atoms with E-state index in [-0.39, 0.29) is 30.4 Å². The molecule has 3 heterocycles. The van der Waals surface area contributed by atoms with Crippen LogP contribution in [0.5, 0.6) is 0 Å². The number of amides is 3. The number of likely N-dealkylation sites (tertiary alicyclic amines) is 1. The Balaban J connectivity index is 1.39. The number of aliphatic carboxylic acids is 1. The molecule has 1 saturated heterocycles. The predicted octanol–water partition coefficient (Wildman–Crippen LogP) is 3.21. The highest BCUT2D eigenvalue weighted by atomic mass is 32.2. The fraction of sp³-hybridized carbons (Fsp3) is 0.370. The molecule has 3 amide bonds. The third-order valence-corrected chi connectivity index (χ3v) is 8.29. The number of rotatable bonds is 9. The van der Waals surface area contributed by atoms with Gasteiger partial charge in [0.05, 0.1) is 24.3 Å². The zero-order chi connectivity index (χ0) is 29.0. The molecule has 1 aliphatic rings. The van der Waals surface area contributed by atoms with Gasteiger partial charge in [-0.3, -0.25) is 14.6 Å². The number of aryl methyl sites for hydroxylation is 1. The van der Waals surface area contributed by atoms with E-state index in [1.54, 1.807) is 23.1 Å². The van der Waals surface area contributed by atoms with Crippen molar-refractivity contribution in [3.05, 3.63) is 71.4 Å². The molecule has 2 aromatic heterocycles. The van der Waals surface area contributed by atoms with Gasteiger partial charge < -0.3 is 25.2 Å². The number of hydrogen-bond acceptors (Lipinski definition) is 8. The van der Waals surface area contributed by atoms with E-state index in [4.69, 9.17) is 4.52 Å². The summed E-state index contributed by atoms with van der Waals surface area (Å²) in [6.45, 7) is 4.36. The number of nitrogens with one attached hydrogen (secondary N) is 2. The maximum Gasteiger partial charge on any atom is 0.323 e. The summed E-state index contributed by atoms with van der Waals surface area (Å²) in [5.41, 5.74) is 3.06. The SMILES string of the molecule is Cc1ccccc1NC(=O)Nc1ccc(CC(=O)N2CCC(C)C2c2cc(CC(C(=O)O)S(C)(=O)=O)on2)nc1. The second kappa shape index (κ2) is 11.9. The number of benzene rings is 1. The van der Waals surface area contributed by atoms with Crippen molar-refractivity contribution in [2.75, 3.05) is 23.4 Å². The van der Waals surface area contributed by atoms with E-state index in [1.807, 2.05) is 32.0 Å². The van der Waals surface area contributed by atoms with Gasteiger partial charge in [0.15, 0.2) is 15.1 Å². The lowest BCUT2D eigenvalue weighted by Crippen LogP contribution is -2.33. The highest BCUT2D eigenvalue weighted by molar-refractivity contribution is 7.92. The molecule has 3 unspecified atom stereocenters. The number of anilines is 2. The Morgan fingerprint density at radius 1 is 1.18 bits per heavy atom. The lowest BCUT2D eigenvalue weighted by atomic mass is 9.99. The third kappa shape index (κ3) is 6.84. The first-order chi connectivity index (χ1) is 18.9. The van der Waals surface area contributed by atoms with Crippen LogP contribution in [0.1, 0.15) is 42.1 Å². The Kier molecular flexibility index (Phi) is 8.52. The standard InChI is InChI=1S/C27H31N5O7S/c1-16-6-4-5-7-21(16)30-27(36)29-19-9-8-18(28-15-19)12-24(33)32-11-10-17(2)25(32)22-13-20(39-31-22)14-23(26(34)35)40(3,37)38/h4-9,13,15,17,23,25H,10-12,14H2,1-3H3,(H,34,35)(H2,29,30,36). The van der Waals surface area contributed by atoms with Crippen molar-refractivity contribution in [2.45, 2.75) is 44.4 Å². The molecule has 3 aromatic rings. The van der Waals surface area contributed by atoms with E-state index >= 15 is 0 Å². The van der Waals surface area contributed by atoms with Crippen LogP contribution < -0.4 is 10.6 Å². The van der Waals surface area contributed by atoms with Crippen molar-refractivity contribution in [3.8, 4) is 0 Å². The van der Waals surface area contributed by atoms with Gasteiger partial charge in [0.2, 0.25) is 5.91 Å². The minimum atomic E-state index is -3.85. The van der Waals surface area contributed by atoms with Crippen molar-refractivity contribution in [1.29, 1.82) is 0 Å². The lowest BCUT2D eigenvalue weighted by molar-refractivity contribution is -0.136. The van der Waals surface area contributed by atoms with Gasteiger partial charge in [-0.25, -0.2) is 13.2 Å². The number of carboxylic acids is 1. The second-order valence-corrected chi connectivity index (χ2v) is 12.2. The van der Waals surface area contributed by atoms with E-state index in [9.17, 15) is 27.9 Å². The maximum atomic E-state index is 13.2. The summed E-state index contributed by atoms with van der Waals surface area (Å²) >= 11 is 0. The summed E-state index contributed by atoms with van der Waals surface area (Å²) in [4.78, 5) is 43.0. The topological polar surface area (TPSA) is 172 Å². The Morgan fingerprint density at radius 2 is 1.93 bits per heavy atom. The molecule has 0 aliphatic carbocycles. The normalized spacial score (nSPS) is 17.8. The molecule has 3 atom stereocenters. The van der Waals surface area contributed by atoms with Gasteiger partial charge in [0, 0.05) is 36.7 Å². The first kappa shape index (κ1) is 28.7. The summed E-state index contributed by atoms with van der Waals surface area (Å²) in [6, 6.07) is 11.5. The fourth-order valence-corrected chi connectivity index (χ4v) is 5.54. The number of sulfone groups is 1. The Bertz CT molecular complexity index is 1500. The predicted molar refractivity (Wildman–Crippen MR) is 146 cm³/mol. The summed E-state index contributed by atoms with van der Waals surface area (Å²) in [6.07, 6.45) is 2.74. The molecule has 3 N–H and O–H groups in total. The Labute approximate surface area is 231 Å². The average Bonchev–Trinajstić information content (AvgIpc) is 3.50. The van der Waals surface area contributed by atoms with Crippen molar-refractivity contribution < 1.29 is 32.4 Å². The highest BCUT2D eigenvalue weighted by Gasteiger charge is 2.38. The van der Waals surface area contributed by atoms with Gasteiger partial charge in [-0.15, -0.1) is 0 Å². The zero-order valence-corrected chi connectivity index (χ0v) is 23.1. The molecule has 1 aromatic carbocycles. The van der Waals surface area contributed by atoms with Crippen LogP contribution in [0.2, 0.25) is 0 Å². The largest absolute Gasteiger partial charge is 0.480 e. The molecule has 40 heavy (non-hydrogen) atoms. The average molecular weight is 570 g/mol. The van der Waals surface area contributed by atoms with Crippen LogP contribution >= 0.6 is 0 Å². The molecule has 212 valence electrons. The molecule has 1 fully saturated rings. The van der Waals surface area contributed by atoms with E-state index in [2.05, 4.69) is 20.8 Å². The minimum absolute atomic E-state index is 0.0266. The van der Waals surface area contributed by atoms with E-state index in [0.717, 1.165) is 18.2 Å². The molecular weight excluding hydrogens is 538 g/mol. The maximum absolute atomic E-state index is 13.2. The van der Waals surface area contributed by atoms with Crippen LogP contribution in [-0.4, -0.2) is 64.5 Å². The smallest absolute Gasteiger partial charge is 0.323 e. The number of para-hydroxylation sites is 1. The summed E-state index contributed by atoms with van der Waals surface area (Å²) in [5.74, 6) is -1.47. The summed E-state index contributed by atoms with van der Waals surface area (Å²) in [5, 5.41) is 17.2. The third-order valence-electron chi connectivity index (χ3n) is 6.89. The van der Waals surface area contributed by atoms with Crippen molar-refractivity contribution >= 4 is 39.1 Å². The lowest BCUT2D eigenvalue weighted by Gasteiger charge is -2.25. The first-order valence-electron chi connectivity index (χ1n) is 12.7. The number of carbonyl (C=O) groups excluding carboxylic acids is 2. The molecule has 0 bridgehead atoms. The van der Waals surface area contributed by atoms with E-state index in [0.29, 0.717) is 29.3 Å². The van der Waals surface area contributed by atoms with Crippen LogP contribution in [0, 0.1) is 12.8 Å². The number of carbonyl (C=O) groups is 3. The van der Waals surface area contributed by atoms with Gasteiger partial charge >= 0.3 is 12.0 Å².